The smallest absolute Gasteiger partial charge is 0.348 e. The van der Waals surface area contributed by atoms with Crippen LogP contribution in [0.15, 0.2) is 66.1 Å². The average molecular weight is 352 g/mol. The lowest BCUT2D eigenvalue weighted by Gasteiger charge is -2.09. The van der Waals surface area contributed by atoms with Crippen LogP contribution < -0.4 is 4.74 Å². The Morgan fingerprint density at radius 1 is 1.00 bits per heavy atom. The maximum absolute atomic E-state index is 12.3. The Balaban J connectivity index is 2.17. The van der Waals surface area contributed by atoms with Gasteiger partial charge in [-0.3, -0.25) is 0 Å². The Labute approximate surface area is 149 Å². The van der Waals surface area contributed by atoms with E-state index in [9.17, 15) is 14.7 Å². The summed E-state index contributed by atoms with van der Waals surface area (Å²) >= 11 is 0. The second kappa shape index (κ2) is 7.14. The molecule has 0 saturated carbocycles. The fourth-order valence-electron chi connectivity index (χ4n) is 2.63. The Hall–Kier alpha value is -3.54. The first kappa shape index (κ1) is 17.3. The van der Waals surface area contributed by atoms with E-state index in [4.69, 9.17) is 14.2 Å². The van der Waals surface area contributed by atoms with Gasteiger partial charge in [-0.15, -0.1) is 0 Å². The number of aliphatic hydroxyl groups is 1. The van der Waals surface area contributed by atoms with Crippen LogP contribution in [0.2, 0.25) is 0 Å². The molecule has 0 aromatic heterocycles. The standard InChI is InChI=1S/C20H16O6/c1-24-14-10-8-13(9-11-14)15-17(21)18(26-20(15)23)16(19(22)25-2)12-6-4-3-5-7-12/h3-11,21H,1-2H3. The second-order valence-corrected chi connectivity index (χ2v) is 5.40. The molecule has 1 N–H and O–H groups in total. The van der Waals surface area contributed by atoms with Crippen LogP contribution in [0.25, 0.3) is 11.1 Å². The van der Waals surface area contributed by atoms with E-state index in [1.54, 1.807) is 54.6 Å². The number of ether oxygens (including phenoxy) is 3. The molecule has 6 nitrogen and oxygen atoms in total. The molecule has 26 heavy (non-hydrogen) atoms. The summed E-state index contributed by atoms with van der Waals surface area (Å²) in [5.74, 6) is -1.50. The van der Waals surface area contributed by atoms with Crippen molar-refractivity contribution in [3.05, 3.63) is 77.2 Å². The highest BCUT2D eigenvalue weighted by molar-refractivity contribution is 6.25. The van der Waals surface area contributed by atoms with Crippen molar-refractivity contribution in [3.8, 4) is 5.75 Å². The fraction of sp³-hybridized carbons (Fsp3) is 0.100. The Morgan fingerprint density at radius 2 is 1.65 bits per heavy atom. The molecule has 0 amide bonds. The predicted octanol–water partition coefficient (Wildman–Crippen LogP) is 3.11. The van der Waals surface area contributed by atoms with Gasteiger partial charge in [0.05, 0.1) is 14.2 Å². The number of rotatable bonds is 4. The first-order valence-corrected chi connectivity index (χ1v) is 7.75. The van der Waals surface area contributed by atoms with Crippen LogP contribution in [0.4, 0.5) is 0 Å². The molecule has 6 heteroatoms. The van der Waals surface area contributed by atoms with E-state index in [-0.39, 0.29) is 16.9 Å². The van der Waals surface area contributed by atoms with Crippen LogP contribution in [0, 0.1) is 0 Å². The number of carbonyl (C=O) groups is 2. The summed E-state index contributed by atoms with van der Waals surface area (Å²) in [4.78, 5) is 24.6. The lowest BCUT2D eigenvalue weighted by Crippen LogP contribution is -2.09. The molecule has 1 heterocycles. The average Bonchev–Trinajstić information content (AvgIpc) is 2.96. The van der Waals surface area contributed by atoms with E-state index >= 15 is 0 Å². The van der Waals surface area contributed by atoms with Crippen molar-refractivity contribution in [2.75, 3.05) is 14.2 Å². The zero-order chi connectivity index (χ0) is 18.7. The molecule has 0 aliphatic carbocycles. The molecule has 0 saturated heterocycles. The Kier molecular flexibility index (Phi) is 4.75. The SMILES string of the molecule is COC(=O)C(=C1OC(=O)C(c2ccc(OC)cc2)=C1O)c1ccccc1. The van der Waals surface area contributed by atoms with E-state index in [0.717, 1.165) is 0 Å². The molecule has 0 spiro atoms. The van der Waals surface area contributed by atoms with Crippen LogP contribution in [-0.4, -0.2) is 31.3 Å². The number of esters is 2. The molecule has 3 rings (SSSR count). The van der Waals surface area contributed by atoms with E-state index in [1.165, 1.54) is 14.2 Å². The van der Waals surface area contributed by atoms with Gasteiger partial charge in [0.1, 0.15) is 16.9 Å². The minimum absolute atomic E-state index is 0.0255. The third-order valence-electron chi connectivity index (χ3n) is 3.91. The Morgan fingerprint density at radius 3 is 2.23 bits per heavy atom. The van der Waals surface area contributed by atoms with E-state index in [0.29, 0.717) is 16.9 Å². The predicted molar refractivity (Wildman–Crippen MR) is 94.0 cm³/mol. The summed E-state index contributed by atoms with van der Waals surface area (Å²) in [5, 5.41) is 10.6. The lowest BCUT2D eigenvalue weighted by molar-refractivity contribution is -0.134. The van der Waals surface area contributed by atoms with E-state index in [1.807, 2.05) is 0 Å². The third-order valence-corrected chi connectivity index (χ3v) is 3.91. The van der Waals surface area contributed by atoms with Gasteiger partial charge in [0.15, 0.2) is 11.5 Å². The lowest BCUT2D eigenvalue weighted by atomic mass is 10.0. The molecular weight excluding hydrogens is 336 g/mol. The van der Waals surface area contributed by atoms with Crippen molar-refractivity contribution in [2.24, 2.45) is 0 Å². The van der Waals surface area contributed by atoms with Crippen LogP contribution in [-0.2, 0) is 19.1 Å². The zero-order valence-corrected chi connectivity index (χ0v) is 14.2. The molecule has 2 aromatic carbocycles. The Bertz CT molecular complexity index is 907. The van der Waals surface area contributed by atoms with Crippen LogP contribution in [0.1, 0.15) is 11.1 Å². The molecule has 0 radical (unpaired) electrons. The quantitative estimate of drug-likeness (QED) is 0.673. The highest BCUT2D eigenvalue weighted by Crippen LogP contribution is 2.36. The molecule has 2 aromatic rings. The third kappa shape index (κ3) is 3.04. The minimum atomic E-state index is -0.750. The zero-order valence-electron chi connectivity index (χ0n) is 14.2. The van der Waals surface area contributed by atoms with Crippen LogP contribution >= 0.6 is 0 Å². The minimum Gasteiger partial charge on any atom is -0.504 e. The second-order valence-electron chi connectivity index (χ2n) is 5.40. The van der Waals surface area contributed by atoms with Crippen molar-refractivity contribution >= 4 is 23.1 Å². The molecule has 1 aliphatic rings. The number of cyclic esters (lactones) is 1. The summed E-state index contributed by atoms with van der Waals surface area (Å²) in [6.45, 7) is 0. The largest absolute Gasteiger partial charge is 0.504 e. The number of hydrogen-bond donors (Lipinski definition) is 1. The topological polar surface area (TPSA) is 82.1 Å². The molecule has 1 aliphatic heterocycles. The summed E-state index contributed by atoms with van der Waals surface area (Å²) in [6.07, 6.45) is 0. The van der Waals surface area contributed by atoms with Gasteiger partial charge in [0.2, 0.25) is 0 Å². The van der Waals surface area contributed by atoms with Crippen molar-refractivity contribution in [1.29, 1.82) is 0 Å². The van der Waals surface area contributed by atoms with Crippen molar-refractivity contribution in [3.63, 3.8) is 0 Å². The highest BCUT2D eigenvalue weighted by Gasteiger charge is 2.36. The molecule has 0 fully saturated rings. The summed E-state index contributed by atoms with van der Waals surface area (Å²) in [5.41, 5.74) is 0.854. The van der Waals surface area contributed by atoms with Gasteiger partial charge in [-0.25, -0.2) is 9.59 Å². The molecule has 132 valence electrons. The summed E-state index contributed by atoms with van der Waals surface area (Å²) in [7, 11) is 2.74. The number of carbonyl (C=O) groups excluding carboxylic acids is 2. The van der Waals surface area contributed by atoms with E-state index < -0.39 is 17.7 Å². The first-order valence-electron chi connectivity index (χ1n) is 7.75. The summed E-state index contributed by atoms with van der Waals surface area (Å²) < 4.78 is 15.1. The fourth-order valence-corrected chi connectivity index (χ4v) is 2.63. The molecule has 0 unspecified atom stereocenters. The number of hydrogen-bond acceptors (Lipinski definition) is 6. The summed E-state index contributed by atoms with van der Waals surface area (Å²) in [6, 6.07) is 15.1. The maximum Gasteiger partial charge on any atom is 0.348 e. The highest BCUT2D eigenvalue weighted by atomic mass is 16.6. The van der Waals surface area contributed by atoms with Gasteiger partial charge in [0, 0.05) is 0 Å². The molecular formula is C20H16O6. The van der Waals surface area contributed by atoms with Crippen molar-refractivity contribution in [2.45, 2.75) is 0 Å². The normalized spacial score (nSPS) is 15.5. The molecule has 0 atom stereocenters. The van der Waals surface area contributed by atoms with Gasteiger partial charge in [0.25, 0.3) is 0 Å². The van der Waals surface area contributed by atoms with Gasteiger partial charge < -0.3 is 19.3 Å². The number of methoxy groups -OCH3 is 2. The van der Waals surface area contributed by atoms with E-state index in [2.05, 4.69) is 0 Å². The van der Waals surface area contributed by atoms with Gasteiger partial charge in [-0.1, -0.05) is 42.5 Å². The monoisotopic (exact) mass is 352 g/mol. The van der Waals surface area contributed by atoms with Crippen molar-refractivity contribution in [1.82, 2.24) is 0 Å². The van der Waals surface area contributed by atoms with Gasteiger partial charge >= 0.3 is 11.9 Å². The number of benzene rings is 2. The van der Waals surface area contributed by atoms with Gasteiger partial charge in [-0.05, 0) is 23.3 Å². The van der Waals surface area contributed by atoms with Crippen molar-refractivity contribution < 1.29 is 28.9 Å². The number of aliphatic hydroxyl groups excluding tert-OH is 1. The van der Waals surface area contributed by atoms with Gasteiger partial charge in [-0.2, -0.15) is 0 Å². The molecule has 0 bridgehead atoms. The maximum atomic E-state index is 12.3. The van der Waals surface area contributed by atoms with Crippen LogP contribution in [0.3, 0.4) is 0 Å². The van der Waals surface area contributed by atoms with Crippen LogP contribution in [0.5, 0.6) is 5.75 Å². The first-order chi connectivity index (χ1) is 12.6.